The molecule has 0 fully saturated rings. The van der Waals surface area contributed by atoms with E-state index >= 15 is 0 Å². The van der Waals surface area contributed by atoms with Gasteiger partial charge in [-0.15, -0.1) is 11.3 Å². The van der Waals surface area contributed by atoms with Crippen molar-refractivity contribution in [3.63, 3.8) is 0 Å². The first kappa shape index (κ1) is 40.1. The monoisotopic (exact) mass is 917 g/mol. The maximum Gasteiger partial charge on any atom is 0.0726 e. The molecule has 2 aliphatic rings. The molecule has 12 aromatic carbocycles. The van der Waals surface area contributed by atoms with Gasteiger partial charge >= 0.3 is 0 Å². The molecule has 0 saturated carbocycles. The number of hydrogen-bond acceptors (Lipinski definition) is 2. The minimum atomic E-state index is -0.431. The average molecular weight is 918 g/mol. The van der Waals surface area contributed by atoms with Gasteiger partial charge in [-0.3, -0.25) is 0 Å². The number of anilines is 3. The van der Waals surface area contributed by atoms with Gasteiger partial charge in [0.25, 0.3) is 0 Å². The van der Waals surface area contributed by atoms with Gasteiger partial charge in [-0.1, -0.05) is 200 Å². The highest BCUT2D eigenvalue weighted by Crippen LogP contribution is 2.64. The van der Waals surface area contributed by atoms with Crippen molar-refractivity contribution in [1.29, 1.82) is 0 Å². The van der Waals surface area contributed by atoms with Crippen molar-refractivity contribution in [2.24, 2.45) is 0 Å². The largest absolute Gasteiger partial charge is 0.310 e. The summed E-state index contributed by atoms with van der Waals surface area (Å²) in [5.41, 5.74) is 20.8. The fourth-order valence-corrected chi connectivity index (χ4v) is 13.3. The van der Waals surface area contributed by atoms with Crippen molar-refractivity contribution in [3.05, 3.63) is 283 Å². The molecule has 1 nitrogen and oxygen atoms in total. The van der Waals surface area contributed by atoms with Crippen LogP contribution in [0.25, 0.3) is 97.4 Å². The lowest BCUT2D eigenvalue weighted by Gasteiger charge is -2.32. The molecule has 1 aromatic heterocycles. The SMILES string of the molecule is c1ccc2c(c1)-c1ccccc1C21c2ccccc2-c2c(N(c3ccc(-c4ccc(-c5ccc6cc(-c7ccc8ccccc8c7)ccc6c5)cc4)cc3)c3ccc4sc5ccccc5c4c3)cccc21. The molecular weight excluding hydrogens is 875 g/mol. The number of benzene rings is 12. The Kier molecular flexibility index (Phi) is 8.81. The summed E-state index contributed by atoms with van der Waals surface area (Å²) in [4.78, 5) is 2.50. The third kappa shape index (κ3) is 6.05. The highest BCUT2D eigenvalue weighted by atomic mass is 32.1. The predicted molar refractivity (Wildman–Crippen MR) is 302 cm³/mol. The molecule has 2 aliphatic carbocycles. The maximum atomic E-state index is 2.50. The molecule has 0 atom stereocenters. The third-order valence-electron chi connectivity index (χ3n) is 15.5. The van der Waals surface area contributed by atoms with Crippen molar-refractivity contribution in [2.75, 3.05) is 4.90 Å². The second-order valence-electron chi connectivity index (χ2n) is 19.2. The van der Waals surface area contributed by atoms with Crippen molar-refractivity contribution in [2.45, 2.75) is 5.41 Å². The predicted octanol–water partition coefficient (Wildman–Crippen LogP) is 19.2. The Hall–Kier alpha value is -8.82. The highest BCUT2D eigenvalue weighted by molar-refractivity contribution is 7.25. The van der Waals surface area contributed by atoms with E-state index in [0.29, 0.717) is 0 Å². The van der Waals surface area contributed by atoms with E-state index in [2.05, 4.69) is 266 Å². The second kappa shape index (κ2) is 15.6. The van der Waals surface area contributed by atoms with E-state index < -0.39 is 5.41 Å². The Bertz CT molecular complexity index is 4240. The molecule has 0 amide bonds. The number of nitrogens with zero attached hydrogens (tertiary/aromatic N) is 1. The van der Waals surface area contributed by atoms with Crippen LogP contribution in [-0.2, 0) is 5.41 Å². The van der Waals surface area contributed by atoms with Crippen molar-refractivity contribution < 1.29 is 0 Å². The zero-order chi connectivity index (χ0) is 46.6. The maximum absolute atomic E-state index is 2.50. The van der Waals surface area contributed by atoms with Crippen molar-refractivity contribution in [3.8, 4) is 55.6 Å². The lowest BCUT2D eigenvalue weighted by molar-refractivity contribution is 0.794. The Morgan fingerprint density at radius 1 is 0.282 bits per heavy atom. The lowest BCUT2D eigenvalue weighted by Crippen LogP contribution is -2.26. The molecule has 1 spiro atoms. The topological polar surface area (TPSA) is 3.24 Å². The van der Waals surface area contributed by atoms with Crippen LogP contribution in [-0.4, -0.2) is 0 Å². The molecule has 0 radical (unpaired) electrons. The molecule has 2 heteroatoms. The minimum absolute atomic E-state index is 0.431. The normalized spacial score (nSPS) is 12.9. The quantitative estimate of drug-likeness (QED) is 0.161. The zero-order valence-electron chi connectivity index (χ0n) is 38.7. The van der Waals surface area contributed by atoms with Gasteiger partial charge in [0.1, 0.15) is 0 Å². The number of fused-ring (bicyclic) bond motifs is 15. The van der Waals surface area contributed by atoms with Crippen LogP contribution < -0.4 is 4.90 Å². The van der Waals surface area contributed by atoms with E-state index in [0.717, 1.165) is 11.4 Å². The van der Waals surface area contributed by atoms with E-state index in [1.807, 2.05) is 11.3 Å². The van der Waals surface area contributed by atoms with Gasteiger partial charge < -0.3 is 4.90 Å². The van der Waals surface area contributed by atoms with Crippen LogP contribution in [0.1, 0.15) is 22.3 Å². The van der Waals surface area contributed by atoms with Gasteiger partial charge in [-0.05, 0) is 155 Å². The number of rotatable bonds is 6. The summed E-state index contributed by atoms with van der Waals surface area (Å²) in [6, 6.07) is 97.4. The van der Waals surface area contributed by atoms with Crippen LogP contribution in [0.2, 0.25) is 0 Å². The van der Waals surface area contributed by atoms with Crippen molar-refractivity contribution >= 4 is 70.1 Å². The van der Waals surface area contributed by atoms with Crippen molar-refractivity contribution in [1.82, 2.24) is 0 Å². The van der Waals surface area contributed by atoms with Gasteiger partial charge in [-0.25, -0.2) is 0 Å². The molecular formula is C69H43NS. The summed E-state index contributed by atoms with van der Waals surface area (Å²) < 4.78 is 2.61. The Morgan fingerprint density at radius 2 is 0.732 bits per heavy atom. The summed E-state index contributed by atoms with van der Waals surface area (Å²) in [5, 5.41) is 7.59. The van der Waals surface area contributed by atoms with Crippen LogP contribution in [0.15, 0.2) is 261 Å². The Balaban J connectivity index is 0.820. The van der Waals surface area contributed by atoms with Gasteiger partial charge in [0, 0.05) is 37.1 Å². The summed E-state index contributed by atoms with van der Waals surface area (Å²) in [7, 11) is 0. The molecule has 0 aliphatic heterocycles. The fraction of sp³-hybridized carbons (Fsp3) is 0.0145. The van der Waals surface area contributed by atoms with E-state index in [-0.39, 0.29) is 0 Å². The molecule has 0 N–H and O–H groups in total. The van der Waals surface area contributed by atoms with E-state index in [4.69, 9.17) is 0 Å². The Morgan fingerprint density at radius 3 is 1.41 bits per heavy atom. The fourth-order valence-electron chi connectivity index (χ4n) is 12.2. The molecule has 1 heterocycles. The first-order chi connectivity index (χ1) is 35.2. The van der Waals surface area contributed by atoms with Crippen LogP contribution in [0.5, 0.6) is 0 Å². The van der Waals surface area contributed by atoms with E-state index in [9.17, 15) is 0 Å². The molecule has 71 heavy (non-hydrogen) atoms. The lowest BCUT2D eigenvalue weighted by atomic mass is 9.70. The molecule has 0 saturated heterocycles. The number of thiophene rings is 1. The van der Waals surface area contributed by atoms with Gasteiger partial charge in [0.15, 0.2) is 0 Å². The summed E-state index contributed by atoms with van der Waals surface area (Å²) in [6.07, 6.45) is 0. The van der Waals surface area contributed by atoms with Gasteiger partial charge in [0.2, 0.25) is 0 Å². The van der Waals surface area contributed by atoms with Crippen LogP contribution in [0, 0.1) is 0 Å². The summed E-state index contributed by atoms with van der Waals surface area (Å²) in [5.74, 6) is 0. The standard InChI is InChI=1S/C69H43NS/c1-2-13-48-40-50(29-28-44(48)12-1)53-33-32-51-41-49(30-31-52(51)42-53)47-26-24-45(25-27-47)46-34-36-54(37-35-46)70(55-38-39-67-60(43-55)58-16-6-10-23-66(58)71-67)65-22-11-21-64-68(65)59-17-5-9-20-63(59)69(64)61-18-7-3-14-56(61)57-15-4-8-19-62(57)69/h1-43H. The molecule has 13 aromatic rings. The summed E-state index contributed by atoms with van der Waals surface area (Å²) >= 11 is 1.86. The van der Waals surface area contributed by atoms with Crippen LogP contribution in [0.3, 0.4) is 0 Å². The zero-order valence-corrected chi connectivity index (χ0v) is 39.5. The molecule has 330 valence electrons. The highest BCUT2D eigenvalue weighted by Gasteiger charge is 2.52. The Labute approximate surface area is 416 Å². The van der Waals surface area contributed by atoms with Crippen LogP contribution in [0.4, 0.5) is 17.1 Å². The molecule has 15 rings (SSSR count). The van der Waals surface area contributed by atoms with Gasteiger partial charge in [0.05, 0.1) is 11.1 Å². The van der Waals surface area contributed by atoms with Gasteiger partial charge in [-0.2, -0.15) is 0 Å². The first-order valence-electron chi connectivity index (χ1n) is 24.6. The molecule has 0 bridgehead atoms. The van der Waals surface area contributed by atoms with E-state index in [1.54, 1.807) is 0 Å². The number of hydrogen-bond donors (Lipinski definition) is 0. The minimum Gasteiger partial charge on any atom is -0.310 e. The third-order valence-corrected chi connectivity index (χ3v) is 16.6. The second-order valence-corrected chi connectivity index (χ2v) is 20.2. The first-order valence-corrected chi connectivity index (χ1v) is 25.4. The molecule has 0 unspecified atom stereocenters. The average Bonchev–Trinajstić information content (AvgIpc) is 4.07. The summed E-state index contributed by atoms with van der Waals surface area (Å²) in [6.45, 7) is 0. The smallest absolute Gasteiger partial charge is 0.0726 e. The van der Waals surface area contributed by atoms with E-state index in [1.165, 1.54) is 125 Å². The van der Waals surface area contributed by atoms with Crippen LogP contribution >= 0.6 is 11.3 Å².